The SMILES string of the molecule is CC(C)NCCCN1CCCC(O)C1. The van der Waals surface area contributed by atoms with Crippen LogP contribution in [0, 0.1) is 0 Å². The summed E-state index contributed by atoms with van der Waals surface area (Å²) in [5.74, 6) is 0. The van der Waals surface area contributed by atoms with Gasteiger partial charge in [-0.1, -0.05) is 13.8 Å². The molecular weight excluding hydrogens is 176 g/mol. The molecule has 0 aromatic carbocycles. The summed E-state index contributed by atoms with van der Waals surface area (Å²) in [5, 5.41) is 12.9. The van der Waals surface area contributed by atoms with Gasteiger partial charge in [-0.05, 0) is 38.9 Å². The van der Waals surface area contributed by atoms with E-state index in [-0.39, 0.29) is 6.10 Å². The van der Waals surface area contributed by atoms with Gasteiger partial charge in [0.2, 0.25) is 0 Å². The van der Waals surface area contributed by atoms with Crippen molar-refractivity contribution in [3.8, 4) is 0 Å². The van der Waals surface area contributed by atoms with Gasteiger partial charge in [0.05, 0.1) is 6.10 Å². The number of piperidine rings is 1. The lowest BCUT2D eigenvalue weighted by molar-refractivity contribution is 0.0701. The highest BCUT2D eigenvalue weighted by molar-refractivity contribution is 4.71. The molecule has 0 aliphatic carbocycles. The van der Waals surface area contributed by atoms with Crippen molar-refractivity contribution in [2.24, 2.45) is 0 Å². The van der Waals surface area contributed by atoms with Gasteiger partial charge >= 0.3 is 0 Å². The average molecular weight is 200 g/mol. The molecule has 0 spiro atoms. The van der Waals surface area contributed by atoms with Crippen molar-refractivity contribution in [3.05, 3.63) is 0 Å². The Morgan fingerprint density at radius 1 is 1.50 bits per heavy atom. The quantitative estimate of drug-likeness (QED) is 0.645. The molecule has 0 aromatic rings. The van der Waals surface area contributed by atoms with Crippen LogP contribution in [0.2, 0.25) is 0 Å². The van der Waals surface area contributed by atoms with Crippen LogP contribution in [0.4, 0.5) is 0 Å². The van der Waals surface area contributed by atoms with Crippen LogP contribution < -0.4 is 5.32 Å². The zero-order chi connectivity index (χ0) is 10.4. The molecule has 0 aromatic heterocycles. The summed E-state index contributed by atoms with van der Waals surface area (Å²) in [4.78, 5) is 2.37. The molecule has 14 heavy (non-hydrogen) atoms. The maximum atomic E-state index is 9.47. The normalized spacial score (nSPS) is 24.4. The topological polar surface area (TPSA) is 35.5 Å². The van der Waals surface area contributed by atoms with Crippen LogP contribution in [0.25, 0.3) is 0 Å². The molecule has 0 bridgehead atoms. The number of aliphatic hydroxyl groups excluding tert-OH is 1. The van der Waals surface area contributed by atoms with Crippen molar-refractivity contribution in [1.82, 2.24) is 10.2 Å². The van der Waals surface area contributed by atoms with Crippen LogP contribution in [0.15, 0.2) is 0 Å². The minimum atomic E-state index is -0.0817. The van der Waals surface area contributed by atoms with E-state index < -0.39 is 0 Å². The highest BCUT2D eigenvalue weighted by Crippen LogP contribution is 2.09. The first-order valence-electron chi connectivity index (χ1n) is 5.82. The molecule has 84 valence electrons. The van der Waals surface area contributed by atoms with E-state index in [1.807, 2.05) is 0 Å². The highest BCUT2D eigenvalue weighted by Gasteiger charge is 2.16. The Morgan fingerprint density at radius 2 is 2.29 bits per heavy atom. The summed E-state index contributed by atoms with van der Waals surface area (Å²) < 4.78 is 0. The lowest BCUT2D eigenvalue weighted by Gasteiger charge is -2.29. The molecule has 1 aliphatic heterocycles. The van der Waals surface area contributed by atoms with Crippen molar-refractivity contribution in [2.75, 3.05) is 26.2 Å². The lowest BCUT2D eigenvalue weighted by atomic mass is 10.1. The fraction of sp³-hybridized carbons (Fsp3) is 1.00. The molecular formula is C11H24N2O. The van der Waals surface area contributed by atoms with Crippen molar-refractivity contribution >= 4 is 0 Å². The second-order valence-electron chi connectivity index (χ2n) is 4.56. The van der Waals surface area contributed by atoms with E-state index in [0.717, 1.165) is 32.5 Å². The molecule has 0 radical (unpaired) electrons. The number of rotatable bonds is 5. The number of hydrogen-bond acceptors (Lipinski definition) is 3. The number of nitrogens with zero attached hydrogens (tertiary/aromatic N) is 1. The van der Waals surface area contributed by atoms with E-state index >= 15 is 0 Å². The van der Waals surface area contributed by atoms with Crippen LogP contribution in [-0.2, 0) is 0 Å². The predicted molar refractivity (Wildman–Crippen MR) is 59.4 cm³/mol. The standard InChI is InChI=1S/C11H24N2O/c1-10(2)12-6-4-8-13-7-3-5-11(14)9-13/h10-12,14H,3-9H2,1-2H3. The van der Waals surface area contributed by atoms with E-state index in [4.69, 9.17) is 0 Å². The molecule has 3 nitrogen and oxygen atoms in total. The van der Waals surface area contributed by atoms with Crippen LogP contribution in [-0.4, -0.2) is 48.3 Å². The molecule has 1 aliphatic rings. The van der Waals surface area contributed by atoms with Gasteiger partial charge in [-0.15, -0.1) is 0 Å². The fourth-order valence-corrected chi connectivity index (χ4v) is 1.93. The summed E-state index contributed by atoms with van der Waals surface area (Å²) in [5.41, 5.74) is 0. The third kappa shape index (κ3) is 4.94. The second kappa shape index (κ2) is 6.38. The van der Waals surface area contributed by atoms with Gasteiger partial charge < -0.3 is 15.3 Å². The Labute approximate surface area is 87.5 Å². The Bertz CT molecular complexity index is 150. The summed E-state index contributed by atoms with van der Waals surface area (Å²) in [7, 11) is 0. The first kappa shape index (κ1) is 12.0. The average Bonchev–Trinajstić information content (AvgIpc) is 2.12. The summed E-state index contributed by atoms with van der Waals surface area (Å²) >= 11 is 0. The third-order valence-electron chi connectivity index (χ3n) is 2.68. The lowest BCUT2D eigenvalue weighted by Crippen LogP contribution is -2.39. The Morgan fingerprint density at radius 3 is 2.93 bits per heavy atom. The Kier molecular flexibility index (Phi) is 5.45. The van der Waals surface area contributed by atoms with E-state index in [2.05, 4.69) is 24.1 Å². The monoisotopic (exact) mass is 200 g/mol. The highest BCUT2D eigenvalue weighted by atomic mass is 16.3. The Hall–Kier alpha value is -0.120. The van der Waals surface area contributed by atoms with Crippen molar-refractivity contribution in [3.63, 3.8) is 0 Å². The van der Waals surface area contributed by atoms with Gasteiger partial charge in [-0.25, -0.2) is 0 Å². The summed E-state index contributed by atoms with van der Waals surface area (Å²) in [6, 6.07) is 0.585. The van der Waals surface area contributed by atoms with Crippen molar-refractivity contribution < 1.29 is 5.11 Å². The zero-order valence-electron chi connectivity index (χ0n) is 9.50. The minimum absolute atomic E-state index is 0.0817. The first-order chi connectivity index (χ1) is 6.68. The molecule has 1 heterocycles. The minimum Gasteiger partial charge on any atom is -0.392 e. The van der Waals surface area contributed by atoms with Crippen LogP contribution >= 0.6 is 0 Å². The predicted octanol–water partition coefficient (Wildman–Crippen LogP) is 0.831. The Balaban J connectivity index is 2.00. The van der Waals surface area contributed by atoms with Gasteiger partial charge in [-0.3, -0.25) is 0 Å². The maximum Gasteiger partial charge on any atom is 0.0667 e. The molecule has 1 unspecified atom stereocenters. The maximum absolute atomic E-state index is 9.47. The van der Waals surface area contributed by atoms with E-state index in [9.17, 15) is 5.11 Å². The second-order valence-corrected chi connectivity index (χ2v) is 4.56. The van der Waals surface area contributed by atoms with Gasteiger partial charge in [0.1, 0.15) is 0 Å². The van der Waals surface area contributed by atoms with E-state index in [0.29, 0.717) is 6.04 Å². The molecule has 2 N–H and O–H groups in total. The molecule has 1 saturated heterocycles. The number of aliphatic hydroxyl groups is 1. The van der Waals surface area contributed by atoms with Crippen molar-refractivity contribution in [2.45, 2.75) is 45.3 Å². The molecule has 0 amide bonds. The first-order valence-corrected chi connectivity index (χ1v) is 5.82. The molecule has 3 heteroatoms. The molecule has 1 rings (SSSR count). The van der Waals surface area contributed by atoms with Gasteiger partial charge in [-0.2, -0.15) is 0 Å². The van der Waals surface area contributed by atoms with Gasteiger partial charge in [0, 0.05) is 12.6 Å². The smallest absolute Gasteiger partial charge is 0.0667 e. The fourth-order valence-electron chi connectivity index (χ4n) is 1.93. The number of hydrogen-bond donors (Lipinski definition) is 2. The van der Waals surface area contributed by atoms with Crippen LogP contribution in [0.1, 0.15) is 33.1 Å². The number of nitrogens with one attached hydrogen (secondary N) is 1. The number of β-amino-alcohol motifs (C(OH)–C–C–N with tert-alkyl or cyclic N) is 1. The summed E-state index contributed by atoms with van der Waals surface area (Å²) in [6.45, 7) is 8.59. The molecule has 0 saturated carbocycles. The number of likely N-dealkylation sites (tertiary alicyclic amines) is 1. The van der Waals surface area contributed by atoms with Gasteiger partial charge in [0.15, 0.2) is 0 Å². The molecule has 1 fully saturated rings. The van der Waals surface area contributed by atoms with E-state index in [1.54, 1.807) is 0 Å². The summed E-state index contributed by atoms with van der Waals surface area (Å²) in [6.07, 6.45) is 3.24. The van der Waals surface area contributed by atoms with E-state index in [1.165, 1.54) is 13.0 Å². The van der Waals surface area contributed by atoms with Gasteiger partial charge in [0.25, 0.3) is 0 Å². The largest absolute Gasteiger partial charge is 0.392 e. The third-order valence-corrected chi connectivity index (χ3v) is 2.68. The van der Waals surface area contributed by atoms with Crippen molar-refractivity contribution in [1.29, 1.82) is 0 Å². The van der Waals surface area contributed by atoms with Crippen LogP contribution in [0.3, 0.4) is 0 Å². The zero-order valence-corrected chi connectivity index (χ0v) is 9.50. The molecule has 1 atom stereocenters. The van der Waals surface area contributed by atoms with Crippen LogP contribution in [0.5, 0.6) is 0 Å².